The molecule has 1 N–H and O–H groups in total. The van der Waals surface area contributed by atoms with E-state index in [1.54, 1.807) is 0 Å². The molecule has 0 aromatic heterocycles. The maximum atomic E-state index is 13.2. The maximum absolute atomic E-state index is 13.2. The summed E-state index contributed by atoms with van der Waals surface area (Å²) in [5.41, 5.74) is 5.55. The number of ether oxygens (including phenoxy) is 1. The minimum atomic E-state index is -0.0323. The molecule has 4 nitrogen and oxygen atoms in total. The van der Waals surface area contributed by atoms with E-state index in [0.717, 1.165) is 61.4 Å². The van der Waals surface area contributed by atoms with Crippen molar-refractivity contribution in [2.75, 3.05) is 18.5 Å². The molecule has 0 radical (unpaired) electrons. The SMILES string of the molecule is CCCCCCCN(Cc1ccc(OCCCC)cc1)C(=O)Nc1cc(C)c(C)cc1C. The zero-order chi connectivity index (χ0) is 23.3. The number of aryl methyl sites for hydroxylation is 3. The van der Waals surface area contributed by atoms with Crippen LogP contribution in [0.3, 0.4) is 0 Å². The normalized spacial score (nSPS) is 10.8. The van der Waals surface area contributed by atoms with Gasteiger partial charge in [0, 0.05) is 18.8 Å². The van der Waals surface area contributed by atoms with Gasteiger partial charge in [0.25, 0.3) is 0 Å². The van der Waals surface area contributed by atoms with Crippen LogP contribution in [0.25, 0.3) is 0 Å². The van der Waals surface area contributed by atoms with Gasteiger partial charge in [0.2, 0.25) is 0 Å². The number of unbranched alkanes of at least 4 members (excludes halogenated alkanes) is 5. The lowest BCUT2D eigenvalue weighted by Crippen LogP contribution is -2.35. The van der Waals surface area contributed by atoms with Crippen molar-refractivity contribution in [1.82, 2.24) is 4.90 Å². The summed E-state index contributed by atoms with van der Waals surface area (Å²) < 4.78 is 5.78. The smallest absolute Gasteiger partial charge is 0.322 e. The highest BCUT2D eigenvalue weighted by atomic mass is 16.5. The Morgan fingerprint density at radius 3 is 2.19 bits per heavy atom. The number of urea groups is 1. The van der Waals surface area contributed by atoms with Crippen molar-refractivity contribution >= 4 is 11.7 Å². The first kappa shape index (κ1) is 25.8. The minimum Gasteiger partial charge on any atom is -0.494 e. The standard InChI is InChI=1S/C28H42N2O2/c1-6-8-10-11-12-17-30(21-25-13-15-26(16-14-25)32-18-9-7-2)28(31)29-27-20-23(4)22(3)19-24(27)5/h13-16,19-20H,6-12,17-18,21H2,1-5H3,(H,29,31). The van der Waals surface area contributed by atoms with Gasteiger partial charge >= 0.3 is 6.03 Å². The number of benzene rings is 2. The largest absolute Gasteiger partial charge is 0.494 e. The summed E-state index contributed by atoms with van der Waals surface area (Å²) in [6.07, 6.45) is 8.08. The van der Waals surface area contributed by atoms with Crippen LogP contribution in [0.15, 0.2) is 36.4 Å². The predicted molar refractivity (Wildman–Crippen MR) is 136 cm³/mol. The molecule has 0 fully saturated rings. The average molecular weight is 439 g/mol. The number of amides is 2. The van der Waals surface area contributed by atoms with Gasteiger partial charge in [-0.3, -0.25) is 0 Å². The monoisotopic (exact) mass is 438 g/mol. The fraction of sp³-hybridized carbons (Fsp3) is 0.536. The molecule has 0 unspecified atom stereocenters. The Morgan fingerprint density at radius 2 is 1.50 bits per heavy atom. The lowest BCUT2D eigenvalue weighted by molar-refractivity contribution is 0.207. The summed E-state index contributed by atoms with van der Waals surface area (Å²) in [7, 11) is 0. The molecule has 2 aromatic rings. The second-order valence-electron chi connectivity index (χ2n) is 8.86. The third-order valence-electron chi connectivity index (χ3n) is 5.96. The van der Waals surface area contributed by atoms with Crippen LogP contribution in [0.4, 0.5) is 10.5 Å². The lowest BCUT2D eigenvalue weighted by atomic mass is 10.1. The molecule has 0 saturated heterocycles. The van der Waals surface area contributed by atoms with Crippen LogP contribution in [-0.2, 0) is 6.54 Å². The van der Waals surface area contributed by atoms with Crippen LogP contribution in [0.5, 0.6) is 5.75 Å². The first-order chi connectivity index (χ1) is 15.4. The van der Waals surface area contributed by atoms with Crippen LogP contribution >= 0.6 is 0 Å². The lowest BCUT2D eigenvalue weighted by Gasteiger charge is -2.24. The Kier molecular flexibility index (Phi) is 11.1. The number of carbonyl (C=O) groups is 1. The molecule has 0 aliphatic carbocycles. The van der Waals surface area contributed by atoms with E-state index in [1.165, 1.54) is 30.4 Å². The number of hydrogen-bond acceptors (Lipinski definition) is 2. The van der Waals surface area contributed by atoms with Crippen molar-refractivity contribution in [3.63, 3.8) is 0 Å². The molecular formula is C28H42N2O2. The van der Waals surface area contributed by atoms with Gasteiger partial charge in [-0.05, 0) is 74.1 Å². The molecule has 0 saturated carbocycles. The van der Waals surface area contributed by atoms with Crippen LogP contribution < -0.4 is 10.1 Å². The topological polar surface area (TPSA) is 41.6 Å². The number of hydrogen-bond donors (Lipinski definition) is 1. The average Bonchev–Trinajstić information content (AvgIpc) is 2.77. The third kappa shape index (κ3) is 8.57. The molecule has 0 aliphatic rings. The predicted octanol–water partition coefficient (Wildman–Crippen LogP) is 7.80. The first-order valence-electron chi connectivity index (χ1n) is 12.3. The van der Waals surface area contributed by atoms with Gasteiger partial charge in [-0.1, -0.05) is 64.2 Å². The zero-order valence-electron chi connectivity index (χ0n) is 20.8. The second-order valence-corrected chi connectivity index (χ2v) is 8.86. The number of nitrogens with zero attached hydrogens (tertiary/aromatic N) is 1. The van der Waals surface area contributed by atoms with Crippen LogP contribution in [0, 0.1) is 20.8 Å². The Balaban J connectivity index is 2.05. The summed E-state index contributed by atoms with van der Waals surface area (Å²) in [4.78, 5) is 15.2. The van der Waals surface area contributed by atoms with Crippen LogP contribution in [0.1, 0.15) is 81.0 Å². The Morgan fingerprint density at radius 1 is 0.844 bits per heavy atom. The maximum Gasteiger partial charge on any atom is 0.322 e. The highest BCUT2D eigenvalue weighted by molar-refractivity contribution is 5.90. The Bertz CT molecular complexity index is 830. The fourth-order valence-electron chi connectivity index (χ4n) is 3.69. The molecular weight excluding hydrogens is 396 g/mol. The van der Waals surface area contributed by atoms with Gasteiger partial charge in [-0.2, -0.15) is 0 Å². The van der Waals surface area contributed by atoms with Crippen LogP contribution in [-0.4, -0.2) is 24.1 Å². The highest BCUT2D eigenvalue weighted by Gasteiger charge is 2.15. The second kappa shape index (κ2) is 13.8. The minimum absolute atomic E-state index is 0.0323. The summed E-state index contributed by atoms with van der Waals surface area (Å²) in [5, 5.41) is 3.16. The fourth-order valence-corrected chi connectivity index (χ4v) is 3.69. The van der Waals surface area contributed by atoms with Gasteiger partial charge in [0.05, 0.1) is 6.61 Å². The zero-order valence-corrected chi connectivity index (χ0v) is 20.8. The quantitative estimate of drug-likeness (QED) is 0.324. The van der Waals surface area contributed by atoms with Crippen molar-refractivity contribution in [2.24, 2.45) is 0 Å². The Labute approximate surface area is 195 Å². The molecule has 2 rings (SSSR count). The third-order valence-corrected chi connectivity index (χ3v) is 5.96. The molecule has 0 aliphatic heterocycles. The number of rotatable bonds is 13. The van der Waals surface area contributed by atoms with Gasteiger partial charge < -0.3 is 15.0 Å². The molecule has 2 amide bonds. The van der Waals surface area contributed by atoms with Crippen molar-refractivity contribution in [3.05, 3.63) is 58.7 Å². The summed E-state index contributed by atoms with van der Waals surface area (Å²) >= 11 is 0. The van der Waals surface area contributed by atoms with E-state index in [1.807, 2.05) is 17.0 Å². The van der Waals surface area contributed by atoms with E-state index in [0.29, 0.717) is 6.54 Å². The van der Waals surface area contributed by atoms with Crippen molar-refractivity contribution < 1.29 is 9.53 Å². The van der Waals surface area contributed by atoms with Gasteiger partial charge in [0.15, 0.2) is 0 Å². The van der Waals surface area contributed by atoms with Gasteiger partial charge in [0.1, 0.15) is 5.75 Å². The van der Waals surface area contributed by atoms with Crippen molar-refractivity contribution in [3.8, 4) is 5.75 Å². The first-order valence-corrected chi connectivity index (χ1v) is 12.3. The van der Waals surface area contributed by atoms with E-state index >= 15 is 0 Å². The van der Waals surface area contributed by atoms with Gasteiger partial charge in [-0.15, -0.1) is 0 Å². The number of carbonyl (C=O) groups excluding carboxylic acids is 1. The van der Waals surface area contributed by atoms with E-state index in [4.69, 9.17) is 4.74 Å². The summed E-state index contributed by atoms with van der Waals surface area (Å²) in [5.74, 6) is 0.892. The number of anilines is 1. The molecule has 4 heteroatoms. The highest BCUT2D eigenvalue weighted by Crippen LogP contribution is 2.21. The van der Waals surface area contributed by atoms with Crippen molar-refractivity contribution in [2.45, 2.75) is 86.1 Å². The van der Waals surface area contributed by atoms with E-state index < -0.39 is 0 Å². The van der Waals surface area contributed by atoms with E-state index in [9.17, 15) is 4.79 Å². The van der Waals surface area contributed by atoms with Gasteiger partial charge in [-0.25, -0.2) is 4.79 Å². The molecule has 0 atom stereocenters. The van der Waals surface area contributed by atoms with Crippen LogP contribution in [0.2, 0.25) is 0 Å². The summed E-state index contributed by atoms with van der Waals surface area (Å²) in [6, 6.07) is 12.3. The van der Waals surface area contributed by atoms with E-state index in [-0.39, 0.29) is 6.03 Å². The molecule has 32 heavy (non-hydrogen) atoms. The Hall–Kier alpha value is -2.49. The molecule has 0 bridgehead atoms. The summed E-state index contributed by atoms with van der Waals surface area (Å²) in [6.45, 7) is 12.7. The van der Waals surface area contributed by atoms with E-state index in [2.05, 4.69) is 64.2 Å². The molecule has 0 spiro atoms. The number of nitrogens with one attached hydrogen (secondary N) is 1. The molecule has 176 valence electrons. The molecule has 0 heterocycles. The molecule has 2 aromatic carbocycles. The van der Waals surface area contributed by atoms with Crippen molar-refractivity contribution in [1.29, 1.82) is 0 Å².